The zero-order valence-corrected chi connectivity index (χ0v) is 12.4. The molecule has 19 heavy (non-hydrogen) atoms. The molecule has 5 atom stereocenters. The van der Waals surface area contributed by atoms with Crippen molar-refractivity contribution in [2.24, 2.45) is 17.7 Å². The molecule has 1 heterocycles. The Kier molecular flexibility index (Phi) is 4.61. The van der Waals surface area contributed by atoms with Crippen LogP contribution in [0.3, 0.4) is 0 Å². The van der Waals surface area contributed by atoms with Crippen LogP contribution in [0.1, 0.15) is 31.9 Å². The molecule has 5 unspecified atom stereocenters. The molecule has 0 bridgehead atoms. The smallest absolute Gasteiger partial charge is 0.0597 e. The fourth-order valence-electron chi connectivity index (χ4n) is 3.37. The first-order chi connectivity index (χ1) is 9.04. The Morgan fingerprint density at radius 3 is 2.42 bits per heavy atom. The molecule has 0 aliphatic carbocycles. The van der Waals surface area contributed by atoms with Crippen LogP contribution in [0.25, 0.3) is 0 Å². The number of nitrogens with one attached hydrogen (secondary N) is 1. The van der Waals surface area contributed by atoms with Crippen molar-refractivity contribution in [1.29, 1.82) is 0 Å². The van der Waals surface area contributed by atoms with Crippen molar-refractivity contribution >= 4 is 0 Å². The van der Waals surface area contributed by atoms with Gasteiger partial charge in [0.25, 0.3) is 0 Å². The van der Waals surface area contributed by atoms with E-state index >= 15 is 0 Å². The van der Waals surface area contributed by atoms with Gasteiger partial charge in [0.15, 0.2) is 0 Å². The van der Waals surface area contributed by atoms with Gasteiger partial charge in [0.2, 0.25) is 0 Å². The largest absolute Gasteiger partial charge is 0.375 e. The number of benzene rings is 1. The number of ether oxygens (including phenoxy) is 1. The van der Waals surface area contributed by atoms with E-state index in [1.807, 2.05) is 0 Å². The van der Waals surface area contributed by atoms with E-state index in [1.54, 1.807) is 0 Å². The monoisotopic (exact) mass is 262 g/mol. The van der Waals surface area contributed by atoms with E-state index in [2.05, 4.69) is 57.4 Å². The van der Waals surface area contributed by atoms with Crippen LogP contribution in [-0.2, 0) is 11.2 Å². The summed E-state index contributed by atoms with van der Waals surface area (Å²) in [5, 5.41) is 0. The van der Waals surface area contributed by atoms with Gasteiger partial charge in [0.1, 0.15) is 0 Å². The van der Waals surface area contributed by atoms with Gasteiger partial charge in [-0.05, 0) is 44.2 Å². The molecule has 106 valence electrons. The van der Waals surface area contributed by atoms with Gasteiger partial charge >= 0.3 is 0 Å². The zero-order chi connectivity index (χ0) is 14.0. The number of hydrogen-bond acceptors (Lipinski definition) is 3. The first-order valence-electron chi connectivity index (χ1n) is 7.20. The van der Waals surface area contributed by atoms with E-state index in [0.717, 1.165) is 6.42 Å². The van der Waals surface area contributed by atoms with E-state index in [4.69, 9.17) is 10.6 Å². The molecule has 3 N–H and O–H groups in total. The fraction of sp³-hybridized carbons (Fsp3) is 0.625. The molecule has 0 spiro atoms. The number of hydrazine groups is 1. The lowest BCUT2D eigenvalue weighted by atomic mass is 9.81. The summed E-state index contributed by atoms with van der Waals surface area (Å²) in [6.45, 7) is 8.74. The minimum atomic E-state index is 0.259. The van der Waals surface area contributed by atoms with Crippen LogP contribution in [0, 0.1) is 18.8 Å². The van der Waals surface area contributed by atoms with Crippen molar-refractivity contribution in [1.82, 2.24) is 5.43 Å². The van der Waals surface area contributed by atoms with Crippen molar-refractivity contribution in [3.63, 3.8) is 0 Å². The maximum atomic E-state index is 5.94. The first kappa shape index (κ1) is 14.5. The second kappa shape index (κ2) is 6.04. The van der Waals surface area contributed by atoms with Crippen LogP contribution in [-0.4, -0.2) is 18.2 Å². The standard InChI is InChI=1S/C16H26N2O/c1-10-7-5-6-8-14(10)9-15(18-17)16-11(2)12(3)19-13(16)4/h5-8,11-13,15-16,18H,9,17H2,1-4H3. The van der Waals surface area contributed by atoms with Crippen LogP contribution in [0.4, 0.5) is 0 Å². The third-order valence-electron chi connectivity index (χ3n) is 4.70. The lowest BCUT2D eigenvalue weighted by molar-refractivity contribution is 0.0475. The third kappa shape index (κ3) is 2.99. The summed E-state index contributed by atoms with van der Waals surface area (Å²) in [5.74, 6) is 6.80. The van der Waals surface area contributed by atoms with Gasteiger partial charge in [-0.2, -0.15) is 0 Å². The lowest BCUT2D eigenvalue weighted by Crippen LogP contribution is -2.46. The molecule has 2 rings (SSSR count). The highest BCUT2D eigenvalue weighted by Gasteiger charge is 2.41. The zero-order valence-electron chi connectivity index (χ0n) is 12.4. The minimum absolute atomic E-state index is 0.259. The summed E-state index contributed by atoms with van der Waals surface area (Å²) in [5.41, 5.74) is 5.71. The molecule has 0 aromatic heterocycles. The summed E-state index contributed by atoms with van der Waals surface area (Å²) in [7, 11) is 0. The topological polar surface area (TPSA) is 47.3 Å². The quantitative estimate of drug-likeness (QED) is 0.647. The molecule has 1 aliphatic heterocycles. The summed E-state index contributed by atoms with van der Waals surface area (Å²) >= 11 is 0. The second-order valence-corrected chi connectivity index (χ2v) is 5.89. The van der Waals surface area contributed by atoms with Crippen LogP contribution in [0.15, 0.2) is 24.3 Å². The molecule has 3 nitrogen and oxygen atoms in total. The molecular formula is C16H26N2O. The van der Waals surface area contributed by atoms with Crippen LogP contribution < -0.4 is 11.3 Å². The van der Waals surface area contributed by atoms with E-state index in [1.165, 1.54) is 11.1 Å². The highest BCUT2D eigenvalue weighted by atomic mass is 16.5. The molecule has 1 fully saturated rings. The average molecular weight is 262 g/mol. The van der Waals surface area contributed by atoms with Gasteiger partial charge in [-0.15, -0.1) is 0 Å². The van der Waals surface area contributed by atoms with Crippen LogP contribution >= 0.6 is 0 Å². The predicted molar refractivity (Wildman–Crippen MR) is 78.7 cm³/mol. The number of aryl methyl sites for hydroxylation is 1. The van der Waals surface area contributed by atoms with Gasteiger partial charge < -0.3 is 4.74 Å². The maximum Gasteiger partial charge on any atom is 0.0597 e. The Morgan fingerprint density at radius 1 is 1.21 bits per heavy atom. The van der Waals surface area contributed by atoms with Crippen LogP contribution in [0.2, 0.25) is 0 Å². The Morgan fingerprint density at radius 2 is 1.89 bits per heavy atom. The van der Waals surface area contributed by atoms with Crippen molar-refractivity contribution in [3.05, 3.63) is 35.4 Å². The molecule has 0 radical (unpaired) electrons. The predicted octanol–water partition coefficient (Wildman–Crippen LogP) is 2.43. The number of rotatable bonds is 4. The molecule has 1 saturated heterocycles. The van der Waals surface area contributed by atoms with E-state index < -0.39 is 0 Å². The maximum absolute atomic E-state index is 5.94. The molecule has 0 saturated carbocycles. The highest BCUT2D eigenvalue weighted by molar-refractivity contribution is 5.26. The molecule has 1 aromatic carbocycles. The normalized spacial score (nSPS) is 32.5. The number of hydrogen-bond donors (Lipinski definition) is 2. The average Bonchev–Trinajstić information content (AvgIpc) is 2.63. The first-order valence-corrected chi connectivity index (χ1v) is 7.20. The highest BCUT2D eigenvalue weighted by Crippen LogP contribution is 2.35. The molecule has 3 heteroatoms. The Bertz CT molecular complexity index is 421. The summed E-state index contributed by atoms with van der Waals surface area (Å²) in [4.78, 5) is 0. The summed E-state index contributed by atoms with van der Waals surface area (Å²) < 4.78 is 5.94. The van der Waals surface area contributed by atoms with Gasteiger partial charge in [-0.1, -0.05) is 31.2 Å². The molecule has 1 aliphatic rings. The lowest BCUT2D eigenvalue weighted by Gasteiger charge is -2.29. The molecule has 0 amide bonds. The summed E-state index contributed by atoms with van der Waals surface area (Å²) in [6.07, 6.45) is 1.53. The second-order valence-electron chi connectivity index (χ2n) is 5.89. The van der Waals surface area contributed by atoms with Crippen molar-refractivity contribution < 1.29 is 4.74 Å². The van der Waals surface area contributed by atoms with Gasteiger partial charge in [0.05, 0.1) is 12.2 Å². The number of nitrogens with two attached hydrogens (primary N) is 1. The van der Waals surface area contributed by atoms with E-state index in [0.29, 0.717) is 17.9 Å². The van der Waals surface area contributed by atoms with Gasteiger partial charge in [-0.3, -0.25) is 11.3 Å². The summed E-state index contributed by atoms with van der Waals surface area (Å²) in [6, 6.07) is 8.78. The van der Waals surface area contributed by atoms with Gasteiger partial charge in [-0.25, -0.2) is 0 Å². The van der Waals surface area contributed by atoms with Gasteiger partial charge in [0, 0.05) is 12.0 Å². The third-order valence-corrected chi connectivity index (χ3v) is 4.70. The van der Waals surface area contributed by atoms with E-state index in [9.17, 15) is 0 Å². The Hall–Kier alpha value is -0.900. The Labute approximate surface area is 116 Å². The van der Waals surface area contributed by atoms with Crippen LogP contribution in [0.5, 0.6) is 0 Å². The van der Waals surface area contributed by atoms with Crippen molar-refractivity contribution in [3.8, 4) is 0 Å². The Balaban J connectivity index is 2.15. The van der Waals surface area contributed by atoms with Crippen molar-refractivity contribution in [2.75, 3.05) is 0 Å². The molecule has 1 aromatic rings. The minimum Gasteiger partial charge on any atom is -0.375 e. The van der Waals surface area contributed by atoms with Crippen molar-refractivity contribution in [2.45, 2.75) is 52.4 Å². The van der Waals surface area contributed by atoms with E-state index in [-0.39, 0.29) is 12.1 Å². The fourth-order valence-corrected chi connectivity index (χ4v) is 3.37. The molecular weight excluding hydrogens is 236 g/mol. The SMILES string of the molecule is Cc1ccccc1CC(NN)C1C(C)OC(C)C1C.